The Labute approximate surface area is 647 Å². The summed E-state index contributed by atoms with van der Waals surface area (Å²) in [5.41, 5.74) is 9.06. The molecule has 111 heavy (non-hydrogen) atoms. The second kappa shape index (κ2) is 40.8. The second-order valence-electron chi connectivity index (χ2n) is 27.8. The van der Waals surface area contributed by atoms with Crippen LogP contribution in [0.5, 0.6) is 28.7 Å². The van der Waals surface area contributed by atoms with Gasteiger partial charge in [-0.2, -0.15) is 0 Å². The SMILES string of the molecule is COC(=O)[C@H]1CCC[C@H](Oc2ccc(-c3nnn(C)c3CN(Cc3ccc(OC)cc3OC)C(=O)/C=C/c3ccccc3)cc2)C1.COC(=O)[C@H]1CCC[C@H](Oc2ccc(-c3nnn(C)c3CNC(=O)/C=C/c3ccccc3)cc2)C1.COC(=O)[C@H]1CCC[C@H](Oc2ccc(-n3cc(COC4CCCCO4)nn3)cc2)C1. The molecule has 0 bridgehead atoms. The van der Waals surface area contributed by atoms with Crippen LogP contribution in [0.2, 0.25) is 0 Å². The monoisotopic (exact) mass is 1510 g/mol. The highest BCUT2D eigenvalue weighted by Gasteiger charge is 2.32. The Bertz CT molecular complexity index is 4520. The van der Waals surface area contributed by atoms with Gasteiger partial charge < -0.3 is 57.6 Å². The molecule has 1 unspecified atom stereocenters. The highest BCUT2D eigenvalue weighted by Crippen LogP contribution is 2.35. The van der Waals surface area contributed by atoms with Crippen LogP contribution >= 0.6 is 0 Å². The number of carbonyl (C=O) groups is 5. The number of aryl methyl sites for hydroxylation is 2. The number of hydrogen-bond acceptors (Lipinski definition) is 21. The van der Waals surface area contributed by atoms with E-state index in [1.54, 1.807) is 64.5 Å². The maximum Gasteiger partial charge on any atom is 0.308 e. The molecule has 0 spiro atoms. The van der Waals surface area contributed by atoms with Gasteiger partial charge in [0.25, 0.3) is 0 Å². The molecule has 0 radical (unpaired) electrons. The number of rotatable bonds is 27. The molecule has 3 aliphatic carbocycles. The molecule has 26 heteroatoms. The van der Waals surface area contributed by atoms with E-state index in [9.17, 15) is 24.0 Å². The lowest BCUT2D eigenvalue weighted by Gasteiger charge is -2.28. The van der Waals surface area contributed by atoms with Crippen molar-refractivity contribution in [1.29, 1.82) is 0 Å². The average molecular weight is 1510 g/mol. The van der Waals surface area contributed by atoms with E-state index in [2.05, 4.69) is 36.3 Å². The lowest BCUT2D eigenvalue weighted by molar-refractivity contribution is -0.169. The minimum Gasteiger partial charge on any atom is -0.497 e. The number of esters is 3. The van der Waals surface area contributed by atoms with Crippen LogP contribution in [0, 0.1) is 17.8 Å². The summed E-state index contributed by atoms with van der Waals surface area (Å²) in [7, 11) is 11.1. The number of nitrogens with zero attached hydrogens (tertiary/aromatic N) is 10. The van der Waals surface area contributed by atoms with Gasteiger partial charge in [0.15, 0.2) is 6.29 Å². The molecule has 9 aromatic rings. The van der Waals surface area contributed by atoms with E-state index in [-0.39, 0.29) is 85.2 Å². The first-order valence-electron chi connectivity index (χ1n) is 37.8. The van der Waals surface area contributed by atoms with Gasteiger partial charge in [-0.1, -0.05) is 76.3 Å². The zero-order chi connectivity index (χ0) is 77.9. The highest BCUT2D eigenvalue weighted by molar-refractivity contribution is 5.92. The van der Waals surface area contributed by atoms with Gasteiger partial charge in [0, 0.05) is 55.6 Å². The number of carbonyl (C=O) groups excluding carboxylic acids is 5. The van der Waals surface area contributed by atoms with Gasteiger partial charge in [0.2, 0.25) is 11.8 Å². The minimum absolute atomic E-state index is 0.00932. The molecule has 6 aromatic carbocycles. The van der Waals surface area contributed by atoms with Gasteiger partial charge in [-0.3, -0.25) is 24.0 Å². The van der Waals surface area contributed by atoms with Crippen LogP contribution in [0.25, 0.3) is 40.4 Å². The molecular weight excluding hydrogens is 1410 g/mol. The van der Waals surface area contributed by atoms with E-state index in [0.29, 0.717) is 55.3 Å². The number of aromatic nitrogens is 9. The summed E-state index contributed by atoms with van der Waals surface area (Å²) in [5, 5.41) is 28.5. The second-order valence-corrected chi connectivity index (χ2v) is 27.8. The summed E-state index contributed by atoms with van der Waals surface area (Å²) < 4.78 is 60.6. The van der Waals surface area contributed by atoms with Crippen molar-refractivity contribution in [2.24, 2.45) is 31.8 Å². The minimum atomic E-state index is -0.192. The first-order valence-corrected chi connectivity index (χ1v) is 37.8. The fourth-order valence-electron chi connectivity index (χ4n) is 14.0. The zero-order valence-corrected chi connectivity index (χ0v) is 64.1. The lowest BCUT2D eigenvalue weighted by Crippen LogP contribution is -2.30. The predicted molar refractivity (Wildman–Crippen MR) is 414 cm³/mol. The molecule has 4 aliphatic rings. The largest absolute Gasteiger partial charge is 0.497 e. The molecule has 2 amide bonds. The van der Waals surface area contributed by atoms with Gasteiger partial charge in [-0.05, 0) is 205 Å². The topological polar surface area (TPSA) is 285 Å². The Hall–Kier alpha value is -11.5. The molecule has 26 nitrogen and oxygen atoms in total. The normalized spacial score (nSPS) is 18.9. The molecule has 1 saturated heterocycles. The van der Waals surface area contributed by atoms with Crippen LogP contribution < -0.4 is 29.0 Å². The van der Waals surface area contributed by atoms with E-state index in [1.807, 2.05) is 159 Å². The third-order valence-electron chi connectivity index (χ3n) is 20.1. The summed E-state index contributed by atoms with van der Waals surface area (Å²) in [6.07, 6.45) is 21.7. The van der Waals surface area contributed by atoms with Crippen LogP contribution in [-0.2, 0) is 88.0 Å². The number of hydrogen-bond donors (Lipinski definition) is 1. The quantitative estimate of drug-likeness (QED) is 0.0284. The Morgan fingerprint density at radius 2 is 1.01 bits per heavy atom. The Balaban J connectivity index is 0.000000169. The van der Waals surface area contributed by atoms with Crippen molar-refractivity contribution in [3.8, 4) is 56.9 Å². The van der Waals surface area contributed by atoms with Gasteiger partial charge in [0.05, 0.1) is 121 Å². The molecule has 3 aromatic heterocycles. The van der Waals surface area contributed by atoms with Gasteiger partial charge in [0.1, 0.15) is 45.8 Å². The molecule has 4 heterocycles. The number of benzene rings is 6. The molecule has 4 fully saturated rings. The summed E-state index contributed by atoms with van der Waals surface area (Å²) in [4.78, 5) is 63.5. The fourth-order valence-corrected chi connectivity index (χ4v) is 14.0. The number of amides is 2. The fraction of sp³-hybridized carbons (Fsp3) is 0.400. The molecule has 3 saturated carbocycles. The zero-order valence-electron chi connectivity index (χ0n) is 64.1. The van der Waals surface area contributed by atoms with E-state index in [1.165, 1.54) is 27.4 Å². The Kier molecular flexibility index (Phi) is 29.6. The molecule has 7 atom stereocenters. The van der Waals surface area contributed by atoms with E-state index in [0.717, 1.165) is 151 Å². The Morgan fingerprint density at radius 1 is 0.514 bits per heavy atom. The van der Waals surface area contributed by atoms with E-state index in [4.69, 9.17) is 47.4 Å². The first kappa shape index (κ1) is 80.5. The summed E-state index contributed by atoms with van der Waals surface area (Å²) in [6, 6.07) is 48.0. The van der Waals surface area contributed by atoms with Crippen molar-refractivity contribution in [3.63, 3.8) is 0 Å². The van der Waals surface area contributed by atoms with Crippen molar-refractivity contribution in [2.45, 2.75) is 147 Å². The van der Waals surface area contributed by atoms with E-state index < -0.39 is 0 Å². The van der Waals surface area contributed by atoms with Crippen molar-refractivity contribution < 1.29 is 71.3 Å². The standard InChI is InChI=1S/C36H40N4O6.C27H30N4O4.C22H29N3O5/c1-39-32(35(37-38-39)26-14-17-29(18-15-26)46-31-12-8-11-27(21-31)36(42)45-4)24-40(34(41)20-13-25-9-6-5-7-10-25)23-28-16-19-30(43-2)22-33(28)44-3;1-31-24(18-28-25(32)16-11-19-7-4-3-5-8-19)26(29-30-31)20-12-14-22(15-13-20)35-23-10-6-9-21(17-23)27(33)34-2;1-27-22(26)16-5-4-6-20(13-16)30-19-10-8-18(9-11-19)25-14-17(23-24-25)15-29-21-7-2-3-12-28-21/h5-7,9-10,13-20,22,27,31H,8,11-12,21,23-24H2,1-4H3;3-5,7-8,11-16,21,23H,6,9-10,17-18H2,1-2H3,(H,28,32);8-11,14,16,20-21H,2-7,12-13,15H2,1H3/b20-13+;16-11+;/t27-,31-;21-,23-;16-,20-,21?/m000/s1. The van der Waals surface area contributed by atoms with Crippen molar-refractivity contribution in [3.05, 3.63) is 204 Å². The van der Waals surface area contributed by atoms with Crippen LogP contribution in [0.15, 0.2) is 170 Å². The molecule has 584 valence electrons. The van der Waals surface area contributed by atoms with Gasteiger partial charge in [-0.25, -0.2) is 14.0 Å². The van der Waals surface area contributed by atoms with E-state index >= 15 is 0 Å². The molecule has 13 rings (SSSR count). The molecule has 1 N–H and O–H groups in total. The summed E-state index contributed by atoms with van der Waals surface area (Å²) in [5.74, 6) is 2.41. The number of methoxy groups -OCH3 is 5. The van der Waals surface area contributed by atoms with Crippen LogP contribution in [0.1, 0.15) is 130 Å². The van der Waals surface area contributed by atoms with Crippen LogP contribution in [0.3, 0.4) is 0 Å². The number of nitrogens with one attached hydrogen (secondary N) is 1. The maximum atomic E-state index is 13.7. The predicted octanol–water partition coefficient (Wildman–Crippen LogP) is 13.2. The smallest absolute Gasteiger partial charge is 0.308 e. The molecule has 1 aliphatic heterocycles. The third kappa shape index (κ3) is 23.3. The average Bonchev–Trinajstić information content (AvgIpc) is 1.73. The summed E-state index contributed by atoms with van der Waals surface area (Å²) in [6.45, 7) is 1.98. The van der Waals surface area contributed by atoms with Crippen molar-refractivity contribution in [2.75, 3.05) is 42.2 Å². The highest BCUT2D eigenvalue weighted by atomic mass is 16.7. The number of ether oxygens (including phenoxy) is 10. The lowest BCUT2D eigenvalue weighted by atomic mass is 9.87. The first-order chi connectivity index (χ1) is 54.1. The molecular formula is C85H99N11O15. The van der Waals surface area contributed by atoms with Gasteiger partial charge >= 0.3 is 17.9 Å². The van der Waals surface area contributed by atoms with Crippen LogP contribution in [-0.4, -0.2) is 146 Å². The summed E-state index contributed by atoms with van der Waals surface area (Å²) >= 11 is 0. The maximum absolute atomic E-state index is 13.7. The Morgan fingerprint density at radius 3 is 1.50 bits per heavy atom. The van der Waals surface area contributed by atoms with Crippen molar-refractivity contribution >= 4 is 41.9 Å². The van der Waals surface area contributed by atoms with Crippen LogP contribution in [0.4, 0.5) is 0 Å². The van der Waals surface area contributed by atoms with Crippen molar-refractivity contribution in [1.82, 2.24) is 55.2 Å². The van der Waals surface area contributed by atoms with Gasteiger partial charge in [-0.15, -0.1) is 15.3 Å². The third-order valence-corrected chi connectivity index (χ3v) is 20.1.